The van der Waals surface area contributed by atoms with Crippen LogP contribution in [0.25, 0.3) is 141 Å². The van der Waals surface area contributed by atoms with Crippen molar-refractivity contribution < 1.29 is 10.0 Å². The summed E-state index contributed by atoms with van der Waals surface area (Å²) >= 11 is 3.68. The lowest BCUT2D eigenvalue weighted by atomic mass is 9.72. The second-order valence-corrected chi connectivity index (χ2v) is 21.3. The van der Waals surface area contributed by atoms with Gasteiger partial charge in [-0.1, -0.05) is 295 Å². The van der Waals surface area contributed by atoms with E-state index in [9.17, 15) is 10.0 Å². The van der Waals surface area contributed by atoms with Gasteiger partial charge in [-0.2, -0.15) is 0 Å². The fourth-order valence-corrected chi connectivity index (χ4v) is 13.2. The second-order valence-electron chi connectivity index (χ2n) is 20.5. The highest BCUT2D eigenvalue weighted by molar-refractivity contribution is 9.10. The monoisotopic (exact) mass is 1080 g/mol. The first-order chi connectivity index (χ1) is 39.5. The van der Waals surface area contributed by atoms with Crippen molar-refractivity contribution in [1.29, 1.82) is 0 Å². The molecule has 4 heteroatoms. The molecule has 16 aromatic carbocycles. The van der Waals surface area contributed by atoms with E-state index < -0.39 is 7.12 Å². The molecule has 0 saturated heterocycles. The Balaban J connectivity index is 0.000000117. The van der Waals surface area contributed by atoms with Crippen molar-refractivity contribution in [3.63, 3.8) is 0 Å². The summed E-state index contributed by atoms with van der Waals surface area (Å²) in [7, 11) is -1.50. The van der Waals surface area contributed by atoms with Gasteiger partial charge in [0.2, 0.25) is 0 Å². The number of benzene rings is 16. The molecule has 0 aromatic heterocycles. The summed E-state index contributed by atoms with van der Waals surface area (Å²) in [4.78, 5) is 0. The summed E-state index contributed by atoms with van der Waals surface area (Å²) in [6.07, 6.45) is 0. The van der Waals surface area contributed by atoms with Crippen LogP contribution in [0.1, 0.15) is 0 Å². The van der Waals surface area contributed by atoms with Gasteiger partial charge in [0.15, 0.2) is 0 Å². The zero-order valence-corrected chi connectivity index (χ0v) is 45.1. The van der Waals surface area contributed by atoms with Gasteiger partial charge in [0.1, 0.15) is 0 Å². The summed E-state index contributed by atoms with van der Waals surface area (Å²) in [5.74, 6) is 0. The average molecular weight is 1090 g/mol. The van der Waals surface area contributed by atoms with E-state index >= 15 is 0 Å². The Morgan fingerprint density at radius 3 is 0.975 bits per heavy atom. The summed E-state index contributed by atoms with van der Waals surface area (Å²) in [6, 6.07) is 103. The van der Waals surface area contributed by atoms with E-state index in [1.54, 1.807) is 0 Å². The summed E-state index contributed by atoms with van der Waals surface area (Å²) in [6.45, 7) is 0. The van der Waals surface area contributed by atoms with Crippen LogP contribution in [0.2, 0.25) is 0 Å². The molecule has 0 atom stereocenters. The van der Waals surface area contributed by atoms with Crippen LogP contribution in [0.15, 0.2) is 296 Å². The van der Waals surface area contributed by atoms with Crippen molar-refractivity contribution in [2.75, 3.05) is 0 Å². The summed E-state index contributed by atoms with van der Waals surface area (Å²) in [5.41, 5.74) is 7.96. The number of hydrogen-bond acceptors (Lipinski definition) is 2. The summed E-state index contributed by atoms with van der Waals surface area (Å²) in [5, 5.41) is 44.4. The lowest BCUT2D eigenvalue weighted by Gasteiger charge is -2.20. The van der Waals surface area contributed by atoms with E-state index in [1.807, 2.05) is 66.7 Å². The van der Waals surface area contributed by atoms with Crippen LogP contribution in [0, 0.1) is 0 Å². The molecule has 80 heavy (non-hydrogen) atoms. The van der Waals surface area contributed by atoms with Gasteiger partial charge in [0.05, 0.1) is 0 Å². The Labute approximate surface area is 472 Å². The van der Waals surface area contributed by atoms with E-state index in [-0.39, 0.29) is 0 Å². The molecule has 2 N–H and O–H groups in total. The van der Waals surface area contributed by atoms with Gasteiger partial charge in [-0.15, -0.1) is 0 Å². The highest BCUT2D eigenvalue weighted by Crippen LogP contribution is 2.47. The minimum atomic E-state index is -1.50. The molecule has 0 aliphatic rings. The third kappa shape index (κ3) is 8.45. The molecule has 0 spiro atoms. The topological polar surface area (TPSA) is 40.5 Å². The van der Waals surface area contributed by atoms with Crippen molar-refractivity contribution in [2.24, 2.45) is 0 Å². The van der Waals surface area contributed by atoms with Crippen LogP contribution in [0.5, 0.6) is 0 Å². The number of hydrogen-bond donors (Lipinski definition) is 2. The Hall–Kier alpha value is -9.42. The van der Waals surface area contributed by atoms with Gasteiger partial charge >= 0.3 is 7.12 Å². The number of halogens is 1. The first-order valence-electron chi connectivity index (χ1n) is 27.2. The molecular weight excluding hydrogens is 1040 g/mol. The molecule has 0 aliphatic carbocycles. The zero-order chi connectivity index (χ0) is 53.7. The minimum Gasteiger partial charge on any atom is -0.423 e. The third-order valence-corrected chi connectivity index (χ3v) is 16.7. The molecule has 0 bridgehead atoms. The van der Waals surface area contributed by atoms with E-state index in [0.717, 1.165) is 37.1 Å². The molecule has 0 heterocycles. The molecule has 16 aromatic rings. The van der Waals surface area contributed by atoms with Crippen LogP contribution in [-0.2, 0) is 0 Å². The highest BCUT2D eigenvalue weighted by atomic mass is 79.9. The van der Waals surface area contributed by atoms with Gasteiger partial charge in [-0.3, -0.25) is 0 Å². The Bertz CT molecular complexity index is 4940. The minimum absolute atomic E-state index is 0.566. The number of rotatable bonds is 4. The highest BCUT2D eigenvalue weighted by Gasteiger charge is 2.23. The van der Waals surface area contributed by atoms with E-state index in [0.29, 0.717) is 5.46 Å². The van der Waals surface area contributed by atoms with Crippen molar-refractivity contribution in [2.45, 2.75) is 0 Å². The fraction of sp³-hybridized carbons (Fsp3) is 0. The molecule has 0 amide bonds. The molecule has 0 fully saturated rings. The Morgan fingerprint density at radius 2 is 0.537 bits per heavy atom. The number of fused-ring (bicyclic) bond motifs is 14. The molecule has 0 radical (unpaired) electrons. The standard InChI is InChI=1S/C38H24.C20H15BO2.C18H11Br/c1-2-13-26(14-3-1)36-31-18-8-10-20-33(31)38(34-21-11-9-19-32(34)36)35-24-27-23-22-25-12-4-5-15-28(25)37(27)30-17-7-6-16-29(30)35;22-21(23)20-17-12-6-4-10-15(17)19(14-8-2-1-3-9-14)16-11-5-7-13-18(16)20;19-17-11-13-10-9-12-5-1-2-6-14(12)18(13)16-8-4-3-7-15(16)17/h1-24H;1-13,22-23H;1-11H. The molecule has 16 rings (SSSR count). The molecular formula is C76H50BBrO2. The van der Waals surface area contributed by atoms with Gasteiger partial charge in [-0.05, 0) is 159 Å². The van der Waals surface area contributed by atoms with Crippen molar-refractivity contribution in [1.82, 2.24) is 0 Å². The van der Waals surface area contributed by atoms with Crippen LogP contribution < -0.4 is 5.46 Å². The first-order valence-corrected chi connectivity index (χ1v) is 28.0. The predicted molar refractivity (Wildman–Crippen MR) is 348 cm³/mol. The maximum absolute atomic E-state index is 9.94. The quantitative estimate of drug-likeness (QED) is 0.105. The second kappa shape index (κ2) is 20.8. The maximum atomic E-state index is 9.94. The van der Waals surface area contributed by atoms with Gasteiger partial charge in [0.25, 0.3) is 0 Å². The van der Waals surface area contributed by atoms with Gasteiger partial charge in [-0.25, -0.2) is 0 Å². The predicted octanol–water partition coefficient (Wildman–Crippen LogP) is 20.0. The first kappa shape index (κ1) is 48.9. The molecule has 2 nitrogen and oxygen atoms in total. The lowest BCUT2D eigenvalue weighted by molar-refractivity contribution is 0.426. The van der Waals surface area contributed by atoms with Crippen molar-refractivity contribution >= 4 is 136 Å². The third-order valence-electron chi connectivity index (χ3n) is 16.0. The molecule has 376 valence electrons. The lowest BCUT2D eigenvalue weighted by Crippen LogP contribution is -2.31. The average Bonchev–Trinajstić information content (AvgIpc) is 3.65. The zero-order valence-electron chi connectivity index (χ0n) is 43.6. The fourth-order valence-electron chi connectivity index (χ4n) is 12.6. The largest absolute Gasteiger partial charge is 0.489 e. The van der Waals surface area contributed by atoms with Crippen LogP contribution >= 0.6 is 15.9 Å². The van der Waals surface area contributed by atoms with Crippen molar-refractivity contribution in [3.8, 4) is 33.4 Å². The van der Waals surface area contributed by atoms with E-state index in [1.165, 1.54) is 108 Å². The van der Waals surface area contributed by atoms with Crippen molar-refractivity contribution in [3.05, 3.63) is 296 Å². The van der Waals surface area contributed by atoms with E-state index in [2.05, 4.69) is 240 Å². The van der Waals surface area contributed by atoms with Gasteiger partial charge < -0.3 is 10.0 Å². The normalized spacial score (nSPS) is 11.4. The van der Waals surface area contributed by atoms with E-state index in [4.69, 9.17) is 0 Å². The Morgan fingerprint density at radius 1 is 0.237 bits per heavy atom. The van der Waals surface area contributed by atoms with Crippen LogP contribution in [0.4, 0.5) is 0 Å². The van der Waals surface area contributed by atoms with Crippen LogP contribution in [-0.4, -0.2) is 17.2 Å². The summed E-state index contributed by atoms with van der Waals surface area (Å²) < 4.78 is 1.16. The maximum Gasteiger partial charge on any atom is 0.489 e. The van der Waals surface area contributed by atoms with Gasteiger partial charge in [0, 0.05) is 4.47 Å². The molecule has 0 aliphatic heterocycles. The molecule has 0 saturated carbocycles. The SMILES string of the molecule is Brc1cc2ccc3ccccc3c2c2ccccc12.OB(O)c1c2ccccc2c(-c2ccccc2)c2ccccc12.c1ccc(-c2c3ccccc3c(-c3cc4ccc5ccccc5c4c4ccccc34)c3ccccc23)cc1. The van der Waals surface area contributed by atoms with Crippen LogP contribution in [0.3, 0.4) is 0 Å². The molecule has 0 unspecified atom stereocenters. The Kier molecular flexibility index (Phi) is 12.7. The smallest absolute Gasteiger partial charge is 0.423 e.